The van der Waals surface area contributed by atoms with Gasteiger partial charge in [0.25, 0.3) is 0 Å². The molecule has 0 aliphatic rings. The zero-order valence-electron chi connectivity index (χ0n) is 11.5. The van der Waals surface area contributed by atoms with Crippen molar-refractivity contribution in [3.8, 4) is 0 Å². The van der Waals surface area contributed by atoms with Gasteiger partial charge in [-0.15, -0.1) is 24.0 Å². The van der Waals surface area contributed by atoms with Gasteiger partial charge in [-0.1, -0.05) is 6.92 Å². The van der Waals surface area contributed by atoms with E-state index in [1.54, 1.807) is 0 Å². The SMILES string of the molecule is CCc1ccnc(CN=C(N)NC(C)(C)C)c1.I. The van der Waals surface area contributed by atoms with E-state index in [9.17, 15) is 0 Å². The van der Waals surface area contributed by atoms with Gasteiger partial charge in [-0.05, 0) is 44.9 Å². The quantitative estimate of drug-likeness (QED) is 0.493. The van der Waals surface area contributed by atoms with E-state index in [0.717, 1.165) is 12.1 Å². The average molecular weight is 362 g/mol. The molecule has 0 aliphatic heterocycles. The Morgan fingerprint density at radius 2 is 2.11 bits per heavy atom. The first-order valence-electron chi connectivity index (χ1n) is 5.92. The van der Waals surface area contributed by atoms with Crippen molar-refractivity contribution in [3.63, 3.8) is 0 Å². The molecule has 0 fully saturated rings. The first kappa shape index (κ1) is 17.2. The minimum Gasteiger partial charge on any atom is -0.370 e. The number of halogens is 1. The van der Waals surface area contributed by atoms with Gasteiger partial charge in [-0.2, -0.15) is 0 Å². The summed E-state index contributed by atoms with van der Waals surface area (Å²) in [6.45, 7) is 8.78. The molecule has 4 nitrogen and oxygen atoms in total. The lowest BCUT2D eigenvalue weighted by molar-refractivity contribution is 0.508. The minimum atomic E-state index is -0.0632. The van der Waals surface area contributed by atoms with E-state index in [-0.39, 0.29) is 29.5 Å². The number of guanidine groups is 1. The van der Waals surface area contributed by atoms with Crippen LogP contribution in [0.3, 0.4) is 0 Å². The second-order valence-corrected chi connectivity index (χ2v) is 5.09. The maximum Gasteiger partial charge on any atom is 0.189 e. The Morgan fingerprint density at radius 3 is 2.67 bits per heavy atom. The zero-order valence-corrected chi connectivity index (χ0v) is 13.9. The Bertz CT molecular complexity index is 396. The molecule has 0 radical (unpaired) electrons. The summed E-state index contributed by atoms with van der Waals surface area (Å²) in [5.74, 6) is 0.459. The Labute approximate surface area is 126 Å². The molecule has 0 unspecified atom stereocenters. The second kappa shape index (κ2) is 7.56. The van der Waals surface area contributed by atoms with Crippen molar-refractivity contribution < 1.29 is 0 Å². The van der Waals surface area contributed by atoms with Crippen LogP contribution in [0.1, 0.15) is 39.0 Å². The molecule has 0 spiro atoms. The highest BCUT2D eigenvalue weighted by Gasteiger charge is 2.09. The van der Waals surface area contributed by atoms with Crippen molar-refractivity contribution in [1.82, 2.24) is 10.3 Å². The molecule has 0 bridgehead atoms. The lowest BCUT2D eigenvalue weighted by Crippen LogP contribution is -2.45. The average Bonchev–Trinajstić information content (AvgIpc) is 2.24. The number of aliphatic imine (C=N–C) groups is 1. The van der Waals surface area contributed by atoms with Crippen molar-refractivity contribution in [2.45, 2.75) is 46.2 Å². The van der Waals surface area contributed by atoms with Gasteiger partial charge in [0.2, 0.25) is 0 Å². The fraction of sp³-hybridized carbons (Fsp3) is 0.538. The number of aryl methyl sites for hydroxylation is 1. The summed E-state index contributed by atoms with van der Waals surface area (Å²) in [7, 11) is 0. The number of aromatic nitrogens is 1. The number of nitrogens with zero attached hydrogens (tertiary/aromatic N) is 2. The molecule has 0 atom stereocenters. The van der Waals surface area contributed by atoms with Gasteiger partial charge in [0.1, 0.15) is 0 Å². The normalized spacial score (nSPS) is 11.9. The number of rotatable bonds is 3. The molecule has 1 aromatic rings. The van der Waals surface area contributed by atoms with Crippen molar-refractivity contribution in [2.24, 2.45) is 10.7 Å². The molecule has 1 heterocycles. The third-order valence-electron chi connectivity index (χ3n) is 2.20. The fourth-order valence-corrected chi connectivity index (χ4v) is 1.42. The van der Waals surface area contributed by atoms with E-state index in [1.807, 2.05) is 33.0 Å². The smallest absolute Gasteiger partial charge is 0.189 e. The van der Waals surface area contributed by atoms with Crippen LogP contribution in [0, 0.1) is 0 Å². The van der Waals surface area contributed by atoms with E-state index in [1.165, 1.54) is 5.56 Å². The molecule has 18 heavy (non-hydrogen) atoms. The van der Waals surface area contributed by atoms with E-state index < -0.39 is 0 Å². The molecular weight excluding hydrogens is 339 g/mol. The van der Waals surface area contributed by atoms with Crippen LogP contribution in [0.2, 0.25) is 0 Å². The van der Waals surface area contributed by atoms with Crippen LogP contribution in [0.25, 0.3) is 0 Å². The summed E-state index contributed by atoms with van der Waals surface area (Å²) in [4.78, 5) is 8.54. The van der Waals surface area contributed by atoms with Crippen LogP contribution in [-0.4, -0.2) is 16.5 Å². The highest BCUT2D eigenvalue weighted by atomic mass is 127. The zero-order chi connectivity index (χ0) is 12.9. The van der Waals surface area contributed by atoms with Crippen LogP contribution in [0.5, 0.6) is 0 Å². The summed E-state index contributed by atoms with van der Waals surface area (Å²) < 4.78 is 0. The molecule has 1 aromatic heterocycles. The molecule has 0 saturated carbocycles. The lowest BCUT2D eigenvalue weighted by atomic mass is 10.1. The summed E-state index contributed by atoms with van der Waals surface area (Å²) in [5.41, 5.74) is 7.94. The van der Waals surface area contributed by atoms with Gasteiger partial charge in [0.05, 0.1) is 12.2 Å². The molecule has 5 heteroatoms. The predicted octanol–water partition coefficient (Wildman–Crippen LogP) is 2.46. The molecule has 0 aliphatic carbocycles. The van der Waals surface area contributed by atoms with Crippen LogP contribution in [-0.2, 0) is 13.0 Å². The molecule has 0 saturated heterocycles. The Kier molecular flexibility index (Phi) is 7.20. The van der Waals surface area contributed by atoms with E-state index in [4.69, 9.17) is 5.73 Å². The maximum absolute atomic E-state index is 5.79. The van der Waals surface area contributed by atoms with Crippen molar-refractivity contribution in [3.05, 3.63) is 29.6 Å². The Balaban J connectivity index is 0.00000289. The van der Waals surface area contributed by atoms with Crippen molar-refractivity contribution in [1.29, 1.82) is 0 Å². The standard InChI is InChI=1S/C13H22N4.HI/c1-5-10-6-7-15-11(8-10)9-16-12(14)17-13(2,3)4;/h6-8H,5,9H2,1-4H3,(H3,14,16,17);1H. The van der Waals surface area contributed by atoms with Crippen LogP contribution in [0.4, 0.5) is 0 Å². The van der Waals surface area contributed by atoms with E-state index in [0.29, 0.717) is 12.5 Å². The minimum absolute atomic E-state index is 0. The highest BCUT2D eigenvalue weighted by molar-refractivity contribution is 14.0. The molecule has 1 rings (SSSR count). The number of hydrogen-bond acceptors (Lipinski definition) is 2. The maximum atomic E-state index is 5.79. The van der Waals surface area contributed by atoms with Crippen molar-refractivity contribution in [2.75, 3.05) is 0 Å². The van der Waals surface area contributed by atoms with Crippen LogP contribution in [0.15, 0.2) is 23.3 Å². The molecule has 3 N–H and O–H groups in total. The number of nitrogens with one attached hydrogen (secondary N) is 1. The Morgan fingerprint density at radius 1 is 1.44 bits per heavy atom. The van der Waals surface area contributed by atoms with Gasteiger partial charge < -0.3 is 11.1 Å². The van der Waals surface area contributed by atoms with Crippen LogP contribution < -0.4 is 11.1 Å². The summed E-state index contributed by atoms with van der Waals surface area (Å²) in [6.07, 6.45) is 2.83. The fourth-order valence-electron chi connectivity index (χ4n) is 1.42. The first-order chi connectivity index (χ1) is 7.90. The summed E-state index contributed by atoms with van der Waals surface area (Å²) in [5, 5.41) is 3.12. The van der Waals surface area contributed by atoms with E-state index >= 15 is 0 Å². The molecular formula is C13H23IN4. The van der Waals surface area contributed by atoms with Gasteiger partial charge in [0, 0.05) is 11.7 Å². The predicted molar refractivity (Wildman–Crippen MR) is 87.2 cm³/mol. The summed E-state index contributed by atoms with van der Waals surface area (Å²) >= 11 is 0. The van der Waals surface area contributed by atoms with Gasteiger partial charge in [-0.3, -0.25) is 4.98 Å². The third-order valence-corrected chi connectivity index (χ3v) is 2.20. The van der Waals surface area contributed by atoms with E-state index in [2.05, 4.69) is 28.3 Å². The molecule has 0 amide bonds. The number of pyridine rings is 1. The number of nitrogens with two attached hydrogens (primary N) is 1. The highest BCUT2D eigenvalue weighted by Crippen LogP contribution is 2.04. The van der Waals surface area contributed by atoms with Crippen LogP contribution >= 0.6 is 24.0 Å². The van der Waals surface area contributed by atoms with Crippen molar-refractivity contribution >= 4 is 29.9 Å². The molecule has 102 valence electrons. The monoisotopic (exact) mass is 362 g/mol. The first-order valence-corrected chi connectivity index (χ1v) is 5.92. The second-order valence-electron chi connectivity index (χ2n) is 5.09. The number of hydrogen-bond donors (Lipinski definition) is 2. The Hall–Kier alpha value is -0.850. The third kappa shape index (κ3) is 6.78. The molecule has 0 aromatic carbocycles. The summed E-state index contributed by atoms with van der Waals surface area (Å²) in [6, 6.07) is 4.08. The van der Waals surface area contributed by atoms with Gasteiger partial charge >= 0.3 is 0 Å². The van der Waals surface area contributed by atoms with Gasteiger partial charge in [-0.25, -0.2) is 4.99 Å². The lowest BCUT2D eigenvalue weighted by Gasteiger charge is -2.20. The topological polar surface area (TPSA) is 63.3 Å². The largest absolute Gasteiger partial charge is 0.370 e. The van der Waals surface area contributed by atoms with Gasteiger partial charge in [0.15, 0.2) is 5.96 Å².